The molecule has 0 saturated carbocycles. The molecule has 0 rings (SSSR count). The van der Waals surface area contributed by atoms with Crippen molar-refractivity contribution >= 4 is 20.1 Å². The molecule has 0 aliphatic rings. The molecule has 1 N–H and O–H groups in total. The van der Waals surface area contributed by atoms with Crippen LogP contribution in [-0.2, 0) is 32.6 Å². The third kappa shape index (κ3) is 23.6. The molecule has 0 bridgehead atoms. The van der Waals surface area contributed by atoms with Crippen molar-refractivity contribution in [2.75, 3.05) is 39.6 Å². The predicted molar refractivity (Wildman–Crippen MR) is 123 cm³/mol. The number of unbranched alkanes of at least 4 members (excludes halogenated alkanes) is 10. The molecule has 0 aromatic carbocycles. The number of ether oxygens (including phenoxy) is 4. The summed E-state index contributed by atoms with van der Waals surface area (Å²) in [6.07, 6.45) is 11.2. The van der Waals surface area contributed by atoms with E-state index in [0.717, 1.165) is 38.5 Å². The van der Waals surface area contributed by atoms with E-state index in [1.54, 1.807) is 0 Å². The average Bonchev–Trinajstić information content (AvgIpc) is 2.78. The van der Waals surface area contributed by atoms with E-state index < -0.39 is 20.1 Å². The summed E-state index contributed by atoms with van der Waals surface area (Å²) in [5, 5.41) is 0. The summed E-state index contributed by atoms with van der Waals surface area (Å²) in [4.78, 5) is 32.4. The molecule has 196 valence electrons. The second-order valence-electron chi connectivity index (χ2n) is 7.56. The predicted octanol–water partition coefficient (Wildman–Crippen LogP) is 6.15. The summed E-state index contributed by atoms with van der Waals surface area (Å²) in [5.74, 6) is 0. The maximum absolute atomic E-state index is 11.7. The molecule has 10 nitrogen and oxygen atoms in total. The lowest BCUT2D eigenvalue weighted by Gasteiger charge is -2.12. The molecule has 0 fully saturated rings. The third-order valence-electron chi connectivity index (χ3n) is 4.55. The fourth-order valence-corrected chi connectivity index (χ4v) is 3.44. The van der Waals surface area contributed by atoms with Crippen LogP contribution in [0.15, 0.2) is 0 Å². The fraction of sp³-hybridized carbons (Fsp3) is 0.909. The van der Waals surface area contributed by atoms with Crippen molar-refractivity contribution in [3.05, 3.63) is 0 Å². The fourth-order valence-electron chi connectivity index (χ4n) is 2.75. The van der Waals surface area contributed by atoms with Crippen LogP contribution in [0.4, 0.5) is 9.59 Å². The van der Waals surface area contributed by atoms with Crippen LogP contribution in [0.5, 0.6) is 0 Å². The van der Waals surface area contributed by atoms with Crippen LogP contribution in [0.25, 0.3) is 0 Å². The van der Waals surface area contributed by atoms with Gasteiger partial charge in [-0.1, -0.05) is 78.1 Å². The minimum atomic E-state index is -4.36. The van der Waals surface area contributed by atoms with Gasteiger partial charge in [-0.25, -0.2) is 14.2 Å². The second-order valence-corrected chi connectivity index (χ2v) is 9.02. The van der Waals surface area contributed by atoms with Crippen LogP contribution in [0.1, 0.15) is 90.9 Å². The Hall–Kier alpha value is -1.35. The van der Waals surface area contributed by atoms with Crippen molar-refractivity contribution in [3.8, 4) is 0 Å². The van der Waals surface area contributed by atoms with Gasteiger partial charge >= 0.3 is 20.1 Å². The van der Waals surface area contributed by atoms with E-state index in [1.165, 1.54) is 38.5 Å². The molecule has 33 heavy (non-hydrogen) atoms. The first-order chi connectivity index (χ1) is 15.9. The van der Waals surface area contributed by atoms with Crippen LogP contribution < -0.4 is 0 Å². The van der Waals surface area contributed by atoms with E-state index in [4.69, 9.17) is 18.9 Å². The summed E-state index contributed by atoms with van der Waals surface area (Å²) < 4.78 is 40.4. The zero-order valence-electron chi connectivity index (χ0n) is 20.3. The zero-order chi connectivity index (χ0) is 24.6. The Balaban J connectivity index is 3.58. The Morgan fingerprint density at radius 1 is 0.545 bits per heavy atom. The highest BCUT2D eigenvalue weighted by Crippen LogP contribution is 2.42. The van der Waals surface area contributed by atoms with Crippen molar-refractivity contribution in [2.24, 2.45) is 0 Å². The van der Waals surface area contributed by atoms with Gasteiger partial charge in [0.25, 0.3) is 0 Å². The Kier molecular flexibility index (Phi) is 21.5. The molecule has 0 radical (unpaired) electrons. The summed E-state index contributed by atoms with van der Waals surface area (Å²) in [6.45, 7) is 3.63. The van der Waals surface area contributed by atoms with E-state index in [0.29, 0.717) is 0 Å². The molecule has 11 heteroatoms. The van der Waals surface area contributed by atoms with E-state index in [9.17, 15) is 19.0 Å². The van der Waals surface area contributed by atoms with E-state index >= 15 is 0 Å². The number of phosphoric ester groups is 1. The lowest BCUT2D eigenvalue weighted by molar-refractivity contribution is 0.0313. The second kappa shape index (κ2) is 22.4. The van der Waals surface area contributed by atoms with Crippen molar-refractivity contribution in [1.29, 1.82) is 0 Å². The topological polar surface area (TPSA) is 127 Å². The van der Waals surface area contributed by atoms with Gasteiger partial charge in [-0.2, -0.15) is 0 Å². The van der Waals surface area contributed by atoms with Crippen LogP contribution in [0, 0.1) is 0 Å². The standard InChI is InChI=1S/C22H43O10P/c1-3-5-7-9-11-13-15-27-21(23)29-17-19-31-33(25,26)32-20-18-30-22(24)28-16-14-12-10-8-6-4-2/h3-20H2,1-2H3,(H,25,26). The number of carbonyl (C=O) groups excluding carboxylic acids is 2. The summed E-state index contributed by atoms with van der Waals surface area (Å²) in [5.41, 5.74) is 0. The molecule has 0 spiro atoms. The van der Waals surface area contributed by atoms with Crippen LogP contribution >= 0.6 is 7.82 Å². The zero-order valence-corrected chi connectivity index (χ0v) is 21.2. The highest BCUT2D eigenvalue weighted by atomic mass is 31.2. The summed E-state index contributed by atoms with van der Waals surface area (Å²) in [7, 11) is -4.36. The minimum absolute atomic E-state index is 0.259. The molecule has 0 saturated heterocycles. The lowest BCUT2D eigenvalue weighted by atomic mass is 10.1. The Morgan fingerprint density at radius 2 is 0.879 bits per heavy atom. The maximum Gasteiger partial charge on any atom is 0.508 e. The monoisotopic (exact) mass is 498 g/mol. The summed E-state index contributed by atoms with van der Waals surface area (Å²) >= 11 is 0. The van der Waals surface area contributed by atoms with Crippen LogP contribution in [0.3, 0.4) is 0 Å². The van der Waals surface area contributed by atoms with Gasteiger partial charge in [-0.15, -0.1) is 0 Å². The molecule has 0 aromatic heterocycles. The Labute approximate surface area is 198 Å². The normalized spacial score (nSPS) is 11.2. The molecule has 0 unspecified atom stereocenters. The largest absolute Gasteiger partial charge is 0.508 e. The van der Waals surface area contributed by atoms with E-state index in [-0.39, 0.29) is 39.6 Å². The average molecular weight is 499 g/mol. The first kappa shape index (κ1) is 31.6. The van der Waals surface area contributed by atoms with Gasteiger partial charge in [0.1, 0.15) is 13.2 Å². The maximum atomic E-state index is 11.7. The van der Waals surface area contributed by atoms with Gasteiger partial charge in [0, 0.05) is 0 Å². The Bertz CT molecular complexity index is 487. The van der Waals surface area contributed by atoms with Gasteiger partial charge in [-0.3, -0.25) is 9.05 Å². The van der Waals surface area contributed by atoms with Crippen LogP contribution in [0.2, 0.25) is 0 Å². The third-order valence-corrected chi connectivity index (χ3v) is 5.57. The van der Waals surface area contributed by atoms with Gasteiger partial charge in [0.2, 0.25) is 0 Å². The molecule has 0 aromatic rings. The van der Waals surface area contributed by atoms with Crippen molar-refractivity contribution in [3.63, 3.8) is 0 Å². The molecule has 0 aliphatic carbocycles. The number of rotatable bonds is 22. The quantitative estimate of drug-likeness (QED) is 0.105. The highest BCUT2D eigenvalue weighted by Gasteiger charge is 2.21. The minimum Gasteiger partial charge on any atom is -0.434 e. The number of phosphoric acid groups is 1. The lowest BCUT2D eigenvalue weighted by Crippen LogP contribution is -2.14. The molecular formula is C22H43O10P. The van der Waals surface area contributed by atoms with Gasteiger partial charge in [-0.05, 0) is 12.8 Å². The first-order valence-electron chi connectivity index (χ1n) is 12.1. The SMILES string of the molecule is CCCCCCCCOC(=O)OCCOP(=O)(O)OCCOC(=O)OCCCCCCCC. The number of carbonyl (C=O) groups is 2. The molecule has 0 atom stereocenters. The Morgan fingerprint density at radius 3 is 1.27 bits per heavy atom. The number of hydrogen-bond acceptors (Lipinski definition) is 9. The van der Waals surface area contributed by atoms with Gasteiger partial charge in [0.05, 0.1) is 26.4 Å². The molecular weight excluding hydrogens is 455 g/mol. The van der Waals surface area contributed by atoms with Gasteiger partial charge < -0.3 is 23.8 Å². The van der Waals surface area contributed by atoms with E-state index in [1.807, 2.05) is 0 Å². The van der Waals surface area contributed by atoms with Crippen LogP contribution in [-0.4, -0.2) is 56.8 Å². The summed E-state index contributed by atoms with van der Waals surface area (Å²) in [6, 6.07) is 0. The molecule has 0 amide bonds. The molecule has 0 heterocycles. The van der Waals surface area contributed by atoms with Gasteiger partial charge in [0.15, 0.2) is 0 Å². The smallest absolute Gasteiger partial charge is 0.434 e. The van der Waals surface area contributed by atoms with Crippen molar-refractivity contribution in [2.45, 2.75) is 90.9 Å². The molecule has 0 aliphatic heterocycles. The van der Waals surface area contributed by atoms with Crippen molar-refractivity contribution < 1.29 is 47.0 Å². The van der Waals surface area contributed by atoms with Crippen molar-refractivity contribution in [1.82, 2.24) is 0 Å². The first-order valence-corrected chi connectivity index (χ1v) is 13.6. The highest BCUT2D eigenvalue weighted by molar-refractivity contribution is 7.47. The number of hydrogen-bond donors (Lipinski definition) is 1. The van der Waals surface area contributed by atoms with E-state index in [2.05, 4.69) is 22.9 Å².